The molecular weight excluding hydrogens is 194 g/mol. The molecule has 0 amide bonds. The Bertz CT molecular complexity index is 163. The summed E-state index contributed by atoms with van der Waals surface area (Å²) in [5.41, 5.74) is 0. The fourth-order valence-corrected chi connectivity index (χ4v) is 2.43. The predicted molar refractivity (Wildman–Crippen MR) is 72.8 cm³/mol. The van der Waals surface area contributed by atoms with Gasteiger partial charge in [0.05, 0.1) is 0 Å². The van der Waals surface area contributed by atoms with Gasteiger partial charge in [-0.2, -0.15) is 0 Å². The van der Waals surface area contributed by atoms with E-state index in [2.05, 4.69) is 26.1 Å². The third kappa shape index (κ3) is 5.34. The van der Waals surface area contributed by atoms with Crippen molar-refractivity contribution in [1.82, 2.24) is 5.32 Å². The summed E-state index contributed by atoms with van der Waals surface area (Å²) in [5, 5.41) is 3.77. The minimum absolute atomic E-state index is 0.719. The fraction of sp³-hybridized carbons (Fsp3) is 1.00. The van der Waals surface area contributed by atoms with Crippen LogP contribution in [0.25, 0.3) is 0 Å². The monoisotopic (exact) mass is 225 g/mol. The second kappa shape index (κ2) is 8.11. The molecule has 0 aromatic carbocycles. The molecule has 1 aliphatic rings. The van der Waals surface area contributed by atoms with Gasteiger partial charge in [-0.25, -0.2) is 0 Å². The molecule has 0 saturated heterocycles. The van der Waals surface area contributed by atoms with Crippen LogP contribution in [0.15, 0.2) is 0 Å². The van der Waals surface area contributed by atoms with Gasteiger partial charge in [0.15, 0.2) is 0 Å². The molecule has 1 saturated carbocycles. The van der Waals surface area contributed by atoms with E-state index < -0.39 is 0 Å². The predicted octanol–water partition coefficient (Wildman–Crippen LogP) is 4.51. The van der Waals surface area contributed by atoms with E-state index >= 15 is 0 Å². The molecule has 0 aromatic rings. The van der Waals surface area contributed by atoms with E-state index in [9.17, 15) is 0 Å². The van der Waals surface area contributed by atoms with Crippen LogP contribution >= 0.6 is 0 Å². The van der Waals surface area contributed by atoms with Crippen LogP contribution < -0.4 is 5.32 Å². The molecule has 0 spiro atoms. The van der Waals surface area contributed by atoms with Crippen LogP contribution in [0.2, 0.25) is 0 Å². The summed E-state index contributed by atoms with van der Waals surface area (Å²) in [7, 11) is 0. The highest BCUT2D eigenvalue weighted by Crippen LogP contribution is 2.21. The number of hydrogen-bond acceptors (Lipinski definition) is 1. The van der Waals surface area contributed by atoms with Crippen molar-refractivity contribution in [2.45, 2.75) is 90.6 Å². The van der Waals surface area contributed by atoms with Gasteiger partial charge in [0, 0.05) is 12.1 Å². The standard InChI is InChI=1S/C15H31N/c1-4-5-6-7-8-10-13(2)14(3)16-15-11-9-12-15/h13-16H,4-12H2,1-3H3/t13-,14+/m1/s1. The summed E-state index contributed by atoms with van der Waals surface area (Å²) in [6, 6.07) is 1.56. The molecule has 1 nitrogen and oxygen atoms in total. The Hall–Kier alpha value is -0.0400. The lowest BCUT2D eigenvalue weighted by Crippen LogP contribution is -2.43. The summed E-state index contributed by atoms with van der Waals surface area (Å²) < 4.78 is 0. The summed E-state index contributed by atoms with van der Waals surface area (Å²) in [4.78, 5) is 0. The van der Waals surface area contributed by atoms with Crippen LogP contribution in [-0.4, -0.2) is 12.1 Å². The number of unbranched alkanes of at least 4 members (excludes halogenated alkanes) is 4. The highest BCUT2D eigenvalue weighted by molar-refractivity contribution is 4.81. The van der Waals surface area contributed by atoms with Crippen LogP contribution in [-0.2, 0) is 0 Å². The topological polar surface area (TPSA) is 12.0 Å². The molecule has 16 heavy (non-hydrogen) atoms. The second-order valence-corrected chi connectivity index (χ2v) is 5.76. The van der Waals surface area contributed by atoms with Gasteiger partial charge in [-0.1, -0.05) is 52.4 Å². The maximum atomic E-state index is 3.77. The summed E-state index contributed by atoms with van der Waals surface area (Å²) in [6.07, 6.45) is 12.8. The lowest BCUT2D eigenvalue weighted by atomic mass is 9.89. The van der Waals surface area contributed by atoms with E-state index in [0.717, 1.165) is 18.0 Å². The molecule has 1 aliphatic carbocycles. The highest BCUT2D eigenvalue weighted by Gasteiger charge is 2.21. The molecule has 0 heterocycles. The SMILES string of the molecule is CCCCCCC[C@@H](C)[C@H](C)NC1CCC1. The molecule has 1 rings (SSSR count). The molecule has 0 aliphatic heterocycles. The van der Waals surface area contributed by atoms with Crippen LogP contribution in [0.1, 0.15) is 78.6 Å². The maximum absolute atomic E-state index is 3.77. The molecule has 0 unspecified atom stereocenters. The van der Waals surface area contributed by atoms with Crippen LogP contribution in [0.3, 0.4) is 0 Å². The van der Waals surface area contributed by atoms with Crippen LogP contribution in [0, 0.1) is 5.92 Å². The lowest BCUT2D eigenvalue weighted by molar-refractivity contribution is 0.264. The molecule has 96 valence electrons. The van der Waals surface area contributed by atoms with E-state index in [4.69, 9.17) is 0 Å². The number of nitrogens with one attached hydrogen (secondary N) is 1. The second-order valence-electron chi connectivity index (χ2n) is 5.76. The minimum atomic E-state index is 0.719. The molecule has 0 bridgehead atoms. The van der Waals surface area contributed by atoms with Crippen molar-refractivity contribution in [3.8, 4) is 0 Å². The van der Waals surface area contributed by atoms with Crippen molar-refractivity contribution >= 4 is 0 Å². The lowest BCUT2D eigenvalue weighted by Gasteiger charge is -2.32. The Morgan fingerprint density at radius 3 is 2.31 bits per heavy atom. The molecule has 1 N–H and O–H groups in total. The summed E-state index contributed by atoms with van der Waals surface area (Å²) in [6.45, 7) is 7.07. The fourth-order valence-electron chi connectivity index (χ4n) is 2.43. The Kier molecular flexibility index (Phi) is 7.11. The molecular formula is C15H31N. The first kappa shape index (κ1) is 14.0. The zero-order valence-corrected chi connectivity index (χ0v) is 11.6. The number of hydrogen-bond donors (Lipinski definition) is 1. The molecule has 1 heteroatoms. The van der Waals surface area contributed by atoms with E-state index in [1.807, 2.05) is 0 Å². The van der Waals surface area contributed by atoms with Crippen molar-refractivity contribution in [1.29, 1.82) is 0 Å². The van der Waals surface area contributed by atoms with Gasteiger partial charge >= 0.3 is 0 Å². The normalized spacial score (nSPS) is 20.4. The maximum Gasteiger partial charge on any atom is 0.00696 e. The van der Waals surface area contributed by atoms with E-state index in [1.165, 1.54) is 57.8 Å². The van der Waals surface area contributed by atoms with E-state index in [-0.39, 0.29) is 0 Å². The Morgan fingerprint density at radius 1 is 1.06 bits per heavy atom. The van der Waals surface area contributed by atoms with Gasteiger partial charge in [0.2, 0.25) is 0 Å². The zero-order valence-electron chi connectivity index (χ0n) is 11.6. The van der Waals surface area contributed by atoms with Gasteiger partial charge in [0.25, 0.3) is 0 Å². The first-order chi connectivity index (χ1) is 7.74. The van der Waals surface area contributed by atoms with E-state index in [0.29, 0.717) is 0 Å². The van der Waals surface area contributed by atoms with Crippen LogP contribution in [0.5, 0.6) is 0 Å². The first-order valence-electron chi connectivity index (χ1n) is 7.50. The molecule has 0 aromatic heterocycles. The number of rotatable bonds is 9. The van der Waals surface area contributed by atoms with E-state index in [1.54, 1.807) is 0 Å². The zero-order chi connectivity index (χ0) is 11.8. The quantitative estimate of drug-likeness (QED) is 0.569. The first-order valence-corrected chi connectivity index (χ1v) is 7.50. The smallest absolute Gasteiger partial charge is 0.00696 e. The van der Waals surface area contributed by atoms with Gasteiger partial charge < -0.3 is 5.32 Å². The largest absolute Gasteiger partial charge is 0.311 e. The summed E-state index contributed by atoms with van der Waals surface area (Å²) >= 11 is 0. The highest BCUT2D eigenvalue weighted by atomic mass is 15.0. The van der Waals surface area contributed by atoms with Gasteiger partial charge in [-0.15, -0.1) is 0 Å². The average Bonchev–Trinajstić information content (AvgIpc) is 2.22. The Labute approximate surface area is 102 Å². The molecule has 1 fully saturated rings. The third-order valence-electron chi connectivity index (χ3n) is 4.22. The van der Waals surface area contributed by atoms with Crippen molar-refractivity contribution in [3.63, 3.8) is 0 Å². The Balaban J connectivity index is 1.97. The van der Waals surface area contributed by atoms with Gasteiger partial charge in [-0.3, -0.25) is 0 Å². The third-order valence-corrected chi connectivity index (χ3v) is 4.22. The van der Waals surface area contributed by atoms with Crippen molar-refractivity contribution in [3.05, 3.63) is 0 Å². The molecule has 0 radical (unpaired) electrons. The Morgan fingerprint density at radius 2 is 1.75 bits per heavy atom. The van der Waals surface area contributed by atoms with Crippen molar-refractivity contribution in [2.24, 2.45) is 5.92 Å². The van der Waals surface area contributed by atoms with Gasteiger partial charge in [0.1, 0.15) is 0 Å². The average molecular weight is 225 g/mol. The molecule has 2 atom stereocenters. The van der Waals surface area contributed by atoms with Crippen molar-refractivity contribution in [2.75, 3.05) is 0 Å². The minimum Gasteiger partial charge on any atom is -0.311 e. The van der Waals surface area contributed by atoms with Crippen molar-refractivity contribution < 1.29 is 0 Å². The van der Waals surface area contributed by atoms with Crippen LogP contribution in [0.4, 0.5) is 0 Å². The van der Waals surface area contributed by atoms with Gasteiger partial charge in [-0.05, 0) is 32.1 Å². The summed E-state index contributed by atoms with van der Waals surface area (Å²) in [5.74, 6) is 0.849.